The normalized spacial score (nSPS) is 22.7. The maximum atomic E-state index is 12.9. The van der Waals surface area contributed by atoms with Gasteiger partial charge in [0.2, 0.25) is 5.91 Å². The minimum Gasteiger partial charge on any atom is -0.341 e. The Morgan fingerprint density at radius 1 is 1.19 bits per heavy atom. The zero-order valence-electron chi connectivity index (χ0n) is 15.3. The van der Waals surface area contributed by atoms with Gasteiger partial charge in [-0.3, -0.25) is 14.5 Å². The summed E-state index contributed by atoms with van der Waals surface area (Å²) in [6.45, 7) is 5.49. The average Bonchev–Trinajstić information content (AvgIpc) is 3.22. The number of nitrogens with zero attached hydrogens (tertiary/aromatic N) is 3. The minimum absolute atomic E-state index is 0.0557. The van der Waals surface area contributed by atoms with Crippen molar-refractivity contribution in [2.24, 2.45) is 0 Å². The van der Waals surface area contributed by atoms with Crippen LogP contribution >= 0.6 is 0 Å². The Labute approximate surface area is 153 Å². The van der Waals surface area contributed by atoms with E-state index in [1.807, 2.05) is 30.0 Å². The number of H-pyrrole nitrogens is 1. The number of carbonyl (C=O) groups excluding carboxylic acids is 1. The van der Waals surface area contributed by atoms with Crippen molar-refractivity contribution in [1.82, 2.24) is 19.8 Å². The fourth-order valence-electron chi connectivity index (χ4n) is 4.25. The summed E-state index contributed by atoms with van der Waals surface area (Å²) in [5.74, 6) is 1.01. The molecule has 2 aliphatic rings. The van der Waals surface area contributed by atoms with Gasteiger partial charge in [-0.2, -0.15) is 0 Å². The molecular weight excluding hydrogens is 328 g/mol. The van der Waals surface area contributed by atoms with Crippen molar-refractivity contribution in [3.8, 4) is 0 Å². The van der Waals surface area contributed by atoms with Gasteiger partial charge < -0.3 is 9.88 Å². The highest BCUT2D eigenvalue weighted by Crippen LogP contribution is 2.26. The fourth-order valence-corrected chi connectivity index (χ4v) is 4.25. The second-order valence-corrected chi connectivity index (χ2v) is 7.51. The van der Waals surface area contributed by atoms with Crippen molar-refractivity contribution in [3.05, 3.63) is 40.4 Å². The van der Waals surface area contributed by atoms with E-state index in [1.54, 1.807) is 6.07 Å². The van der Waals surface area contributed by atoms with Crippen LogP contribution in [0.25, 0.3) is 10.9 Å². The van der Waals surface area contributed by atoms with Crippen molar-refractivity contribution in [2.75, 3.05) is 26.2 Å². The van der Waals surface area contributed by atoms with Gasteiger partial charge in [-0.1, -0.05) is 12.1 Å². The molecule has 2 aromatic rings. The highest BCUT2D eigenvalue weighted by atomic mass is 16.2. The van der Waals surface area contributed by atoms with Crippen LogP contribution in [0.15, 0.2) is 29.1 Å². The number of likely N-dealkylation sites (tertiary alicyclic amines) is 2. The average molecular weight is 354 g/mol. The molecule has 0 unspecified atom stereocenters. The molecule has 138 valence electrons. The van der Waals surface area contributed by atoms with Crippen molar-refractivity contribution in [3.63, 3.8) is 0 Å². The predicted octanol–water partition coefficient (Wildman–Crippen LogP) is 2.11. The molecule has 2 fully saturated rings. The molecule has 26 heavy (non-hydrogen) atoms. The number of para-hydroxylation sites is 1. The Bertz CT molecular complexity index is 856. The van der Waals surface area contributed by atoms with E-state index in [1.165, 1.54) is 12.8 Å². The number of amides is 1. The molecule has 4 rings (SSSR count). The molecule has 1 aromatic carbocycles. The first-order chi connectivity index (χ1) is 12.6. The van der Waals surface area contributed by atoms with Gasteiger partial charge in [-0.05, 0) is 57.8 Å². The number of nitrogens with one attached hydrogen (secondary N) is 1. The molecule has 6 nitrogen and oxygen atoms in total. The van der Waals surface area contributed by atoms with E-state index in [0.29, 0.717) is 17.8 Å². The maximum Gasteiger partial charge on any atom is 0.258 e. The van der Waals surface area contributed by atoms with Gasteiger partial charge in [0.05, 0.1) is 16.9 Å². The highest BCUT2D eigenvalue weighted by Gasteiger charge is 2.32. The van der Waals surface area contributed by atoms with Crippen LogP contribution in [0.5, 0.6) is 0 Å². The maximum absolute atomic E-state index is 12.9. The summed E-state index contributed by atoms with van der Waals surface area (Å²) in [5.41, 5.74) is 0.625. The minimum atomic E-state index is -0.0977. The van der Waals surface area contributed by atoms with Gasteiger partial charge in [0.25, 0.3) is 5.56 Å². The quantitative estimate of drug-likeness (QED) is 0.917. The zero-order valence-corrected chi connectivity index (χ0v) is 15.3. The van der Waals surface area contributed by atoms with Crippen molar-refractivity contribution in [2.45, 2.75) is 44.6 Å². The molecule has 0 bridgehead atoms. The van der Waals surface area contributed by atoms with Gasteiger partial charge in [-0.15, -0.1) is 0 Å². The number of hydrogen-bond acceptors (Lipinski definition) is 4. The van der Waals surface area contributed by atoms with Gasteiger partial charge in [0.1, 0.15) is 5.82 Å². The summed E-state index contributed by atoms with van der Waals surface area (Å²) in [6.07, 6.45) is 4.26. The second-order valence-electron chi connectivity index (χ2n) is 7.51. The molecule has 0 spiro atoms. The topological polar surface area (TPSA) is 69.3 Å². The molecular formula is C20H26N4O2. The lowest BCUT2D eigenvalue weighted by molar-refractivity contribution is -0.137. The number of benzene rings is 1. The molecule has 6 heteroatoms. The van der Waals surface area contributed by atoms with E-state index in [9.17, 15) is 9.59 Å². The highest BCUT2D eigenvalue weighted by molar-refractivity contribution is 5.81. The molecule has 1 amide bonds. The molecule has 0 saturated carbocycles. The predicted molar refractivity (Wildman–Crippen MR) is 101 cm³/mol. The molecule has 0 radical (unpaired) electrons. The van der Waals surface area contributed by atoms with E-state index < -0.39 is 0 Å². The van der Waals surface area contributed by atoms with E-state index in [0.717, 1.165) is 38.0 Å². The van der Waals surface area contributed by atoms with E-state index in [2.05, 4.69) is 14.9 Å². The van der Waals surface area contributed by atoms with Crippen LogP contribution in [0.4, 0.5) is 0 Å². The lowest BCUT2D eigenvalue weighted by Gasteiger charge is -2.36. The summed E-state index contributed by atoms with van der Waals surface area (Å²) in [6, 6.07) is 7.35. The molecule has 1 aromatic heterocycles. The first-order valence-corrected chi connectivity index (χ1v) is 9.65. The molecule has 2 atom stereocenters. The van der Waals surface area contributed by atoms with E-state index in [4.69, 9.17) is 0 Å². The van der Waals surface area contributed by atoms with Gasteiger partial charge in [0.15, 0.2) is 0 Å². The number of hydrogen-bond donors (Lipinski definition) is 1. The van der Waals surface area contributed by atoms with E-state index >= 15 is 0 Å². The smallest absolute Gasteiger partial charge is 0.258 e. The number of piperidine rings is 1. The Kier molecular flexibility index (Phi) is 4.76. The van der Waals surface area contributed by atoms with Crippen LogP contribution in [-0.4, -0.2) is 57.9 Å². The Morgan fingerprint density at radius 3 is 2.77 bits per heavy atom. The largest absolute Gasteiger partial charge is 0.341 e. The van der Waals surface area contributed by atoms with Gasteiger partial charge in [-0.25, -0.2) is 4.98 Å². The lowest BCUT2D eigenvalue weighted by Crippen LogP contribution is -2.49. The van der Waals surface area contributed by atoms with Crippen LogP contribution in [-0.2, 0) is 4.79 Å². The Hall–Kier alpha value is -2.21. The molecule has 2 aliphatic heterocycles. The zero-order chi connectivity index (χ0) is 18.1. The number of aromatic amines is 1. The monoisotopic (exact) mass is 354 g/mol. The third kappa shape index (κ3) is 3.26. The van der Waals surface area contributed by atoms with E-state index in [-0.39, 0.29) is 23.4 Å². The third-order valence-corrected chi connectivity index (χ3v) is 5.80. The second kappa shape index (κ2) is 7.19. The fraction of sp³-hybridized carbons (Fsp3) is 0.550. The summed E-state index contributed by atoms with van der Waals surface area (Å²) >= 11 is 0. The molecule has 0 aliphatic carbocycles. The van der Waals surface area contributed by atoms with Crippen molar-refractivity contribution < 1.29 is 4.79 Å². The number of fused-ring (bicyclic) bond motifs is 1. The molecule has 1 N–H and O–H groups in total. The lowest BCUT2D eigenvalue weighted by atomic mass is 9.96. The van der Waals surface area contributed by atoms with Crippen molar-refractivity contribution in [1.29, 1.82) is 0 Å². The summed E-state index contributed by atoms with van der Waals surface area (Å²) in [5, 5.41) is 0.614. The molecule has 2 saturated heterocycles. The number of rotatable bonds is 3. The van der Waals surface area contributed by atoms with Crippen LogP contribution < -0.4 is 5.56 Å². The summed E-state index contributed by atoms with van der Waals surface area (Å²) in [4.78, 5) is 37.2. The van der Waals surface area contributed by atoms with Crippen LogP contribution in [0.2, 0.25) is 0 Å². The number of aromatic nitrogens is 2. The standard InChI is InChI=1S/C20H26N4O2/c1-14(23-10-4-5-11-23)20(26)24-12-6-7-15(13-24)18-21-17-9-3-2-8-16(17)19(25)22-18/h2-3,8-9,14-15H,4-7,10-13H2,1H3,(H,21,22,25)/t14-,15-/m0/s1. The first kappa shape index (κ1) is 17.2. The number of carbonyl (C=O) groups is 1. The Morgan fingerprint density at radius 2 is 1.96 bits per heavy atom. The first-order valence-electron chi connectivity index (χ1n) is 9.65. The van der Waals surface area contributed by atoms with Crippen LogP contribution in [0.1, 0.15) is 44.3 Å². The van der Waals surface area contributed by atoms with Crippen LogP contribution in [0, 0.1) is 0 Å². The molecule has 3 heterocycles. The van der Waals surface area contributed by atoms with Crippen molar-refractivity contribution >= 4 is 16.8 Å². The SMILES string of the molecule is C[C@@H](C(=O)N1CCC[C@H](c2nc3ccccc3c(=O)[nH]2)C1)N1CCCC1. The third-order valence-electron chi connectivity index (χ3n) is 5.80. The van der Waals surface area contributed by atoms with Crippen LogP contribution in [0.3, 0.4) is 0 Å². The summed E-state index contributed by atoms with van der Waals surface area (Å²) in [7, 11) is 0. The Balaban J connectivity index is 1.53. The van der Waals surface area contributed by atoms with Gasteiger partial charge in [0, 0.05) is 19.0 Å². The van der Waals surface area contributed by atoms with Gasteiger partial charge >= 0.3 is 0 Å². The summed E-state index contributed by atoms with van der Waals surface area (Å²) < 4.78 is 0.